The third-order valence-corrected chi connectivity index (χ3v) is 6.77. The number of benzene rings is 1. The Kier molecular flexibility index (Phi) is 6.69. The average molecular weight is 409 g/mol. The topological polar surface area (TPSA) is 113 Å². The molecular weight excluding hydrogens is 380 g/mol. The first-order chi connectivity index (χ1) is 13.3. The highest BCUT2D eigenvalue weighted by Crippen LogP contribution is 2.31. The standard InChI is InChI=1S/C19H28N4O4S/c20-19(25)28(26,27)14-21-9-18(24)23-12-16-10-22(11-17(16)13-23)8-4-7-15-5-2-1-3-6-15/h1-3,5-6,16-17,21H,4,7-14H2,(H2,20,25)/t16-,17?/m0/s1. The molecule has 154 valence electrons. The van der Waals surface area contributed by atoms with E-state index in [0.29, 0.717) is 24.9 Å². The van der Waals surface area contributed by atoms with E-state index in [1.165, 1.54) is 5.56 Å². The van der Waals surface area contributed by atoms with Crippen LogP contribution in [0.3, 0.4) is 0 Å². The van der Waals surface area contributed by atoms with Crippen molar-refractivity contribution in [2.75, 3.05) is 45.1 Å². The number of sulfone groups is 1. The number of rotatable bonds is 8. The van der Waals surface area contributed by atoms with Crippen molar-refractivity contribution >= 4 is 21.0 Å². The monoisotopic (exact) mass is 408 g/mol. The second-order valence-corrected chi connectivity index (χ2v) is 9.59. The Morgan fingerprint density at radius 1 is 1.07 bits per heavy atom. The zero-order valence-electron chi connectivity index (χ0n) is 15.9. The lowest BCUT2D eigenvalue weighted by Gasteiger charge is -2.21. The summed E-state index contributed by atoms with van der Waals surface area (Å²) in [5, 5.41) is 1.13. The Balaban J connectivity index is 1.35. The summed E-state index contributed by atoms with van der Waals surface area (Å²) in [6, 6.07) is 10.5. The highest BCUT2D eigenvalue weighted by molar-refractivity contribution is 8.05. The van der Waals surface area contributed by atoms with Crippen LogP contribution >= 0.6 is 0 Å². The van der Waals surface area contributed by atoms with Gasteiger partial charge in [-0.2, -0.15) is 0 Å². The molecule has 0 bridgehead atoms. The zero-order chi connectivity index (χ0) is 20.1. The second-order valence-electron chi connectivity index (χ2n) is 7.67. The molecule has 0 spiro atoms. The number of carbonyl (C=O) groups is 2. The third-order valence-electron chi connectivity index (χ3n) is 5.57. The van der Waals surface area contributed by atoms with Crippen molar-refractivity contribution in [3.8, 4) is 0 Å². The molecule has 0 aliphatic carbocycles. The minimum atomic E-state index is -4.02. The van der Waals surface area contributed by atoms with Gasteiger partial charge in [0, 0.05) is 26.2 Å². The quantitative estimate of drug-likeness (QED) is 0.628. The first kappa shape index (κ1) is 20.8. The molecular formula is C19H28N4O4S. The Morgan fingerprint density at radius 2 is 1.71 bits per heavy atom. The predicted molar refractivity (Wildman–Crippen MR) is 106 cm³/mol. The lowest BCUT2D eigenvalue weighted by Crippen LogP contribution is -2.41. The normalized spacial score (nSPS) is 22.4. The molecule has 2 amide bonds. The summed E-state index contributed by atoms with van der Waals surface area (Å²) in [7, 11) is -4.02. The summed E-state index contributed by atoms with van der Waals surface area (Å²) < 4.78 is 22.7. The number of primary amides is 1. The highest BCUT2D eigenvalue weighted by Gasteiger charge is 2.41. The molecule has 8 nitrogen and oxygen atoms in total. The molecule has 2 fully saturated rings. The van der Waals surface area contributed by atoms with Crippen LogP contribution < -0.4 is 11.1 Å². The molecule has 2 heterocycles. The van der Waals surface area contributed by atoms with Gasteiger partial charge in [0.25, 0.3) is 0 Å². The number of hydrogen-bond acceptors (Lipinski definition) is 6. The summed E-state index contributed by atoms with van der Waals surface area (Å²) in [5.74, 6) is 0.221. The maximum absolute atomic E-state index is 12.3. The molecule has 9 heteroatoms. The number of nitrogens with zero attached hydrogens (tertiary/aromatic N) is 2. The molecule has 2 saturated heterocycles. The van der Waals surface area contributed by atoms with Crippen LogP contribution in [0.2, 0.25) is 0 Å². The number of aryl methyl sites for hydroxylation is 1. The van der Waals surface area contributed by atoms with Gasteiger partial charge in [0.05, 0.1) is 6.54 Å². The van der Waals surface area contributed by atoms with Crippen molar-refractivity contribution < 1.29 is 18.0 Å². The van der Waals surface area contributed by atoms with E-state index < -0.39 is 21.0 Å². The van der Waals surface area contributed by atoms with Crippen LogP contribution in [0, 0.1) is 11.8 Å². The van der Waals surface area contributed by atoms with Crippen molar-refractivity contribution in [3.63, 3.8) is 0 Å². The third kappa shape index (κ3) is 5.30. The molecule has 1 aromatic carbocycles. The lowest BCUT2D eigenvalue weighted by molar-refractivity contribution is -0.129. The minimum Gasteiger partial charge on any atom is -0.356 e. The molecule has 2 atom stereocenters. The molecule has 3 N–H and O–H groups in total. The van der Waals surface area contributed by atoms with Gasteiger partial charge in [-0.3, -0.25) is 14.9 Å². The Labute approximate surface area is 166 Å². The lowest BCUT2D eigenvalue weighted by atomic mass is 10.0. The molecule has 2 aliphatic rings. The van der Waals surface area contributed by atoms with Crippen LogP contribution in [0.15, 0.2) is 30.3 Å². The fourth-order valence-electron chi connectivity index (χ4n) is 4.10. The van der Waals surface area contributed by atoms with Crippen molar-refractivity contribution in [1.29, 1.82) is 0 Å². The molecule has 0 radical (unpaired) electrons. The van der Waals surface area contributed by atoms with E-state index in [2.05, 4.69) is 34.5 Å². The van der Waals surface area contributed by atoms with Crippen LogP contribution in [0.25, 0.3) is 0 Å². The summed E-state index contributed by atoms with van der Waals surface area (Å²) in [4.78, 5) is 27.3. The maximum atomic E-state index is 12.3. The van der Waals surface area contributed by atoms with Crippen LogP contribution in [-0.2, 0) is 21.1 Å². The van der Waals surface area contributed by atoms with Gasteiger partial charge in [-0.15, -0.1) is 0 Å². The summed E-state index contributed by atoms with van der Waals surface area (Å²) >= 11 is 0. The Hall–Kier alpha value is -1.97. The van der Waals surface area contributed by atoms with E-state index in [0.717, 1.165) is 32.5 Å². The van der Waals surface area contributed by atoms with Gasteiger partial charge in [0.1, 0.15) is 5.88 Å². The summed E-state index contributed by atoms with van der Waals surface area (Å²) in [5.41, 5.74) is 6.15. The van der Waals surface area contributed by atoms with Crippen LogP contribution in [0.5, 0.6) is 0 Å². The van der Waals surface area contributed by atoms with Gasteiger partial charge in [-0.05, 0) is 36.8 Å². The fourth-order valence-corrected chi connectivity index (χ4v) is 4.62. The van der Waals surface area contributed by atoms with Gasteiger partial charge in [-0.1, -0.05) is 30.3 Å². The van der Waals surface area contributed by atoms with Crippen molar-refractivity contribution in [1.82, 2.24) is 15.1 Å². The van der Waals surface area contributed by atoms with E-state index in [4.69, 9.17) is 5.73 Å². The van der Waals surface area contributed by atoms with Gasteiger partial charge >= 0.3 is 5.24 Å². The van der Waals surface area contributed by atoms with Crippen LogP contribution in [0.1, 0.15) is 12.0 Å². The maximum Gasteiger partial charge on any atom is 0.335 e. The summed E-state index contributed by atoms with van der Waals surface area (Å²) in [6.45, 7) is 4.40. The van der Waals surface area contributed by atoms with Gasteiger partial charge in [0.2, 0.25) is 15.7 Å². The number of amides is 2. The number of nitrogens with two attached hydrogens (primary N) is 1. The molecule has 3 rings (SSSR count). The highest BCUT2D eigenvalue weighted by atomic mass is 32.2. The van der Waals surface area contributed by atoms with E-state index in [-0.39, 0.29) is 12.5 Å². The number of carbonyl (C=O) groups excluding carboxylic acids is 2. The smallest absolute Gasteiger partial charge is 0.335 e. The second kappa shape index (κ2) is 9.02. The molecule has 2 aliphatic heterocycles. The zero-order valence-corrected chi connectivity index (χ0v) is 16.7. The Morgan fingerprint density at radius 3 is 2.32 bits per heavy atom. The van der Waals surface area contributed by atoms with E-state index in [1.807, 2.05) is 6.07 Å². The first-order valence-corrected chi connectivity index (χ1v) is 11.3. The number of likely N-dealkylation sites (tertiary alicyclic amines) is 2. The van der Waals surface area contributed by atoms with Crippen LogP contribution in [0.4, 0.5) is 4.79 Å². The van der Waals surface area contributed by atoms with Crippen molar-refractivity contribution in [3.05, 3.63) is 35.9 Å². The van der Waals surface area contributed by atoms with E-state index in [1.54, 1.807) is 4.90 Å². The predicted octanol–water partition coefficient (Wildman–Crippen LogP) is 0.0500. The van der Waals surface area contributed by atoms with E-state index in [9.17, 15) is 18.0 Å². The van der Waals surface area contributed by atoms with E-state index >= 15 is 0 Å². The number of hydrogen-bond donors (Lipinski definition) is 2. The minimum absolute atomic E-state index is 0.104. The molecule has 0 aromatic heterocycles. The van der Waals surface area contributed by atoms with Gasteiger partial charge in [0.15, 0.2) is 0 Å². The SMILES string of the molecule is NC(=O)S(=O)(=O)CNCC(=O)N1CC2CN(CCCc3ccccc3)C[C@H]2C1. The molecule has 28 heavy (non-hydrogen) atoms. The largest absolute Gasteiger partial charge is 0.356 e. The van der Waals surface area contributed by atoms with Crippen LogP contribution in [-0.4, -0.2) is 74.5 Å². The molecule has 0 saturated carbocycles. The molecule has 1 unspecified atom stereocenters. The van der Waals surface area contributed by atoms with Crippen molar-refractivity contribution in [2.45, 2.75) is 12.8 Å². The number of fused-ring (bicyclic) bond motifs is 1. The Bertz CT molecular complexity index is 785. The first-order valence-electron chi connectivity index (χ1n) is 9.62. The fraction of sp³-hybridized carbons (Fsp3) is 0.579. The van der Waals surface area contributed by atoms with Gasteiger partial charge < -0.3 is 15.5 Å². The number of nitrogens with one attached hydrogen (secondary N) is 1. The average Bonchev–Trinajstić information content (AvgIpc) is 3.21. The van der Waals surface area contributed by atoms with Crippen molar-refractivity contribution in [2.24, 2.45) is 17.6 Å². The van der Waals surface area contributed by atoms with Gasteiger partial charge in [-0.25, -0.2) is 8.42 Å². The summed E-state index contributed by atoms with van der Waals surface area (Å²) in [6.07, 6.45) is 2.21. The molecule has 1 aromatic rings.